The Labute approximate surface area is 480 Å². The monoisotopic (exact) mass is 1160 g/mol. The van der Waals surface area contributed by atoms with Crippen molar-refractivity contribution in [2.75, 3.05) is 19.8 Å². The lowest BCUT2D eigenvalue weighted by atomic mass is 9.93. The molecule has 3 heterocycles. The van der Waals surface area contributed by atoms with Crippen molar-refractivity contribution in [2.24, 2.45) is 0 Å². The van der Waals surface area contributed by atoms with Gasteiger partial charge in [-0.15, -0.1) is 0 Å². The van der Waals surface area contributed by atoms with Gasteiger partial charge in [-0.3, -0.25) is 33.6 Å². The minimum atomic E-state index is -1.92. The molecular weight excluding hydrogens is 1090 g/mol. The summed E-state index contributed by atoms with van der Waals surface area (Å²) in [7, 11) is 0. The Kier molecular flexibility index (Phi) is 24.0. The number of carbonyl (C=O) groups excluding carboxylic acids is 7. The summed E-state index contributed by atoms with van der Waals surface area (Å²) >= 11 is 0. The summed E-state index contributed by atoms with van der Waals surface area (Å²) in [5, 5.41) is 2.82. The van der Waals surface area contributed by atoms with Crippen LogP contribution in [-0.4, -0.2) is 154 Å². The molecule has 448 valence electrons. The molecule has 7 rings (SSSR count). The average molecular weight is 1160 g/mol. The molecule has 0 unspecified atom stereocenters. The summed E-state index contributed by atoms with van der Waals surface area (Å²) in [5.74, 6) is -5.89. The minimum absolute atomic E-state index is 0.00154. The van der Waals surface area contributed by atoms with Crippen LogP contribution in [0.25, 0.3) is 0 Å². The maximum atomic E-state index is 13.7. The van der Waals surface area contributed by atoms with Crippen LogP contribution in [0.15, 0.2) is 121 Å². The number of carbonyl (C=O) groups is 7. The highest BCUT2D eigenvalue weighted by atomic mass is 16.8. The topological polar surface area (TPSA) is 270 Å². The van der Waals surface area contributed by atoms with Gasteiger partial charge in [0.1, 0.15) is 62.0 Å². The van der Waals surface area contributed by atoms with Crippen molar-refractivity contribution in [3.63, 3.8) is 0 Å². The molecule has 3 fully saturated rings. The Balaban J connectivity index is 1.37. The molecule has 23 nitrogen and oxygen atoms in total. The maximum absolute atomic E-state index is 13.7. The highest BCUT2D eigenvalue weighted by Crippen LogP contribution is 2.38. The van der Waals surface area contributed by atoms with E-state index in [1.807, 2.05) is 121 Å². The fourth-order valence-electron chi connectivity index (χ4n) is 9.68. The van der Waals surface area contributed by atoms with Gasteiger partial charge in [0.2, 0.25) is 5.91 Å². The van der Waals surface area contributed by atoms with Gasteiger partial charge in [0.25, 0.3) is 0 Å². The molecule has 4 aromatic rings. The number of amides is 1. The second-order valence-electron chi connectivity index (χ2n) is 19.8. The van der Waals surface area contributed by atoms with E-state index in [2.05, 4.69) is 5.32 Å². The molecule has 0 spiro atoms. The number of benzene rings is 4. The van der Waals surface area contributed by atoms with Gasteiger partial charge in [-0.1, -0.05) is 121 Å². The third-order valence-corrected chi connectivity index (χ3v) is 13.1. The Bertz CT molecular complexity index is 2720. The second-order valence-corrected chi connectivity index (χ2v) is 19.8. The summed E-state index contributed by atoms with van der Waals surface area (Å²) < 4.78 is 94.7. The lowest BCUT2D eigenvalue weighted by Gasteiger charge is -2.51. The van der Waals surface area contributed by atoms with E-state index in [1.54, 1.807) is 0 Å². The van der Waals surface area contributed by atoms with Gasteiger partial charge in [0.05, 0.1) is 33.0 Å². The molecule has 0 aliphatic carbocycles. The molecule has 0 aromatic heterocycles. The third kappa shape index (κ3) is 19.2. The number of esters is 6. The van der Waals surface area contributed by atoms with Crippen LogP contribution in [0.5, 0.6) is 0 Å². The van der Waals surface area contributed by atoms with Gasteiger partial charge in [-0.25, -0.2) is 0 Å². The van der Waals surface area contributed by atoms with Crippen molar-refractivity contribution >= 4 is 41.7 Å². The van der Waals surface area contributed by atoms with E-state index >= 15 is 0 Å². The number of ether oxygens (including phenoxy) is 15. The predicted molar refractivity (Wildman–Crippen MR) is 286 cm³/mol. The molecule has 1 N–H and O–H groups in total. The van der Waals surface area contributed by atoms with Crippen LogP contribution >= 0.6 is 0 Å². The van der Waals surface area contributed by atoms with Gasteiger partial charge in [-0.2, -0.15) is 0 Å². The first-order valence-corrected chi connectivity index (χ1v) is 27.0. The fourth-order valence-corrected chi connectivity index (χ4v) is 9.68. The van der Waals surface area contributed by atoms with Crippen molar-refractivity contribution in [2.45, 2.75) is 167 Å². The molecule has 3 saturated heterocycles. The second kappa shape index (κ2) is 31.5. The Morgan fingerprint density at radius 2 is 0.735 bits per heavy atom. The summed E-state index contributed by atoms with van der Waals surface area (Å²) in [5.41, 5.74) is 3.24. The van der Waals surface area contributed by atoms with Crippen molar-refractivity contribution in [3.8, 4) is 0 Å². The zero-order chi connectivity index (χ0) is 59.4. The van der Waals surface area contributed by atoms with E-state index in [4.69, 9.17) is 71.1 Å². The van der Waals surface area contributed by atoms with Gasteiger partial charge >= 0.3 is 35.8 Å². The number of hydrogen-bond donors (Lipinski definition) is 1. The van der Waals surface area contributed by atoms with Crippen LogP contribution in [0, 0.1) is 0 Å². The molecule has 3 aliphatic rings. The summed E-state index contributed by atoms with van der Waals surface area (Å²) in [4.78, 5) is 90.4. The number of nitrogens with one attached hydrogen (secondary N) is 1. The van der Waals surface area contributed by atoms with E-state index in [-0.39, 0.29) is 33.0 Å². The normalized spacial score (nSPS) is 27.7. The highest BCUT2D eigenvalue weighted by Gasteiger charge is 2.59. The summed E-state index contributed by atoms with van der Waals surface area (Å²) in [6, 6.07) is 36.0. The number of hydrogen-bond acceptors (Lipinski definition) is 22. The molecule has 4 aromatic carbocycles. The van der Waals surface area contributed by atoms with E-state index in [9.17, 15) is 33.6 Å². The molecule has 1 amide bonds. The molecule has 0 saturated carbocycles. The Morgan fingerprint density at radius 1 is 0.361 bits per heavy atom. The quantitative estimate of drug-likeness (QED) is 0.0647. The molecule has 0 bridgehead atoms. The van der Waals surface area contributed by atoms with Crippen LogP contribution in [0.1, 0.15) is 70.7 Å². The largest absolute Gasteiger partial charge is 0.463 e. The van der Waals surface area contributed by atoms with Crippen LogP contribution < -0.4 is 5.32 Å². The molecule has 0 radical (unpaired) electrons. The summed E-state index contributed by atoms with van der Waals surface area (Å²) in [6.45, 7) is 6.51. The molecular formula is C60H71NO22. The molecule has 83 heavy (non-hydrogen) atoms. The lowest BCUT2D eigenvalue weighted by molar-refractivity contribution is -0.373. The fraction of sp³-hybridized carbons (Fsp3) is 0.483. The molecule has 3 aliphatic heterocycles. The average Bonchev–Trinajstić information content (AvgIpc) is 2.34. The lowest BCUT2D eigenvalue weighted by Crippen LogP contribution is -2.71. The van der Waals surface area contributed by atoms with Crippen molar-refractivity contribution in [3.05, 3.63) is 144 Å². The van der Waals surface area contributed by atoms with Crippen LogP contribution in [-0.2, 0) is 131 Å². The van der Waals surface area contributed by atoms with E-state index in [0.717, 1.165) is 63.8 Å². The zero-order valence-electron chi connectivity index (χ0n) is 47.1. The molecule has 23 heteroatoms. The van der Waals surface area contributed by atoms with E-state index in [0.29, 0.717) is 0 Å². The van der Waals surface area contributed by atoms with E-state index in [1.165, 1.54) is 6.92 Å². The van der Waals surface area contributed by atoms with Gasteiger partial charge in [-0.05, 0) is 22.3 Å². The minimum Gasteiger partial charge on any atom is -0.463 e. The molecule has 15 atom stereocenters. The highest BCUT2D eigenvalue weighted by molar-refractivity contribution is 5.73. The van der Waals surface area contributed by atoms with Crippen LogP contribution in [0.3, 0.4) is 0 Å². The van der Waals surface area contributed by atoms with Crippen molar-refractivity contribution in [1.29, 1.82) is 0 Å². The van der Waals surface area contributed by atoms with Gasteiger partial charge < -0.3 is 76.4 Å². The first-order valence-electron chi connectivity index (χ1n) is 27.0. The van der Waals surface area contributed by atoms with Gasteiger partial charge in [0.15, 0.2) is 43.3 Å². The van der Waals surface area contributed by atoms with Crippen LogP contribution in [0.2, 0.25) is 0 Å². The third-order valence-electron chi connectivity index (χ3n) is 13.1. The standard InChI is InChI=1S/C60H71NO22/c1-35(62)61-49-53(83-60-57(78-41(7)68)55(77-40(6)67)52(76-39(5)66)48(81-60)34-71-37(3)64)50(75-38(4)65)47(33-70-36(2)63)79-58(49)82-51-46(32-69-28-42-20-12-8-13-21-42)80-59(74-31-45-26-18-11-19-27-45)56(73-30-44-24-16-10-17-25-44)54(51)72-29-43-22-14-9-15-23-43/h8-27,46-60H,28-34H2,1-7H3,(H,61,62)/t46-,47-,48-,49-,50-,51-,52+,53-,54+,55+,56-,57-,58+,59-,60+/m1/s1. The smallest absolute Gasteiger partial charge is 0.303 e. The zero-order valence-corrected chi connectivity index (χ0v) is 47.1. The Morgan fingerprint density at radius 3 is 1.19 bits per heavy atom. The first-order chi connectivity index (χ1) is 39.9. The van der Waals surface area contributed by atoms with Crippen molar-refractivity contribution in [1.82, 2.24) is 5.32 Å². The Hall–Kier alpha value is -7.19. The SMILES string of the molecule is CC(=O)N[C@H]1[C@H](O[C@H]2[C@H](OCc3ccccc3)[C@@H](OCc3ccccc3)[C@H](OCc3ccccc3)O[C@@H]2COCc2ccccc2)O[C@H](COC(C)=O)[C@@H](OC(C)=O)[C@@H]1O[C@@H]1O[C@H](COC(C)=O)[C@H](OC(C)=O)[C@H](OC(C)=O)[C@H]1OC(C)=O. The first kappa shape index (κ1) is 63.4. The predicted octanol–water partition coefficient (Wildman–Crippen LogP) is 4.89. The van der Waals surface area contributed by atoms with Gasteiger partial charge in [0, 0.05) is 48.5 Å². The maximum Gasteiger partial charge on any atom is 0.303 e. The van der Waals surface area contributed by atoms with Crippen LogP contribution in [0.4, 0.5) is 0 Å². The number of rotatable bonds is 26. The van der Waals surface area contributed by atoms with E-state index < -0.39 is 147 Å². The summed E-state index contributed by atoms with van der Waals surface area (Å²) in [6.07, 6.45) is -21.0. The van der Waals surface area contributed by atoms with Crippen molar-refractivity contribution < 1.29 is 105 Å².